The predicted octanol–water partition coefficient (Wildman–Crippen LogP) is 5.24. The van der Waals surface area contributed by atoms with E-state index in [0.29, 0.717) is 5.82 Å². The first-order chi connectivity index (χ1) is 13.4. The molecule has 0 saturated heterocycles. The van der Waals surface area contributed by atoms with E-state index in [-0.39, 0.29) is 5.54 Å². The van der Waals surface area contributed by atoms with Gasteiger partial charge in [-0.25, -0.2) is 4.98 Å². The SMILES string of the molecule is CCNCc1cc2c(N)nc3ccc(CCCCCNC(C)(C)C)cc3c2s1. The summed E-state index contributed by atoms with van der Waals surface area (Å²) in [5.41, 5.74) is 8.84. The molecule has 28 heavy (non-hydrogen) atoms. The highest BCUT2D eigenvalue weighted by molar-refractivity contribution is 7.20. The highest BCUT2D eigenvalue weighted by Crippen LogP contribution is 2.35. The van der Waals surface area contributed by atoms with Gasteiger partial charge in [0.05, 0.1) is 5.52 Å². The van der Waals surface area contributed by atoms with Crippen LogP contribution in [0.3, 0.4) is 0 Å². The number of aryl methyl sites for hydroxylation is 1. The molecule has 2 heterocycles. The zero-order valence-electron chi connectivity index (χ0n) is 17.7. The Morgan fingerprint density at radius 3 is 2.64 bits per heavy atom. The molecule has 0 atom stereocenters. The molecule has 2 aromatic heterocycles. The van der Waals surface area contributed by atoms with Gasteiger partial charge in [-0.2, -0.15) is 0 Å². The van der Waals surface area contributed by atoms with Gasteiger partial charge in [-0.05, 0) is 76.9 Å². The van der Waals surface area contributed by atoms with Crippen LogP contribution in [0.15, 0.2) is 24.3 Å². The van der Waals surface area contributed by atoms with Gasteiger partial charge in [0, 0.05) is 32.4 Å². The van der Waals surface area contributed by atoms with Crippen molar-refractivity contribution in [3.8, 4) is 0 Å². The van der Waals surface area contributed by atoms with Crippen LogP contribution in [-0.2, 0) is 13.0 Å². The number of nitrogen functional groups attached to an aromatic ring is 1. The number of aromatic nitrogens is 1. The Balaban J connectivity index is 1.70. The van der Waals surface area contributed by atoms with Gasteiger partial charge in [0.25, 0.3) is 0 Å². The maximum atomic E-state index is 6.23. The van der Waals surface area contributed by atoms with Gasteiger partial charge in [0.1, 0.15) is 5.82 Å². The van der Waals surface area contributed by atoms with Crippen LogP contribution in [-0.4, -0.2) is 23.6 Å². The number of nitrogens with two attached hydrogens (primary N) is 1. The second kappa shape index (κ2) is 9.21. The van der Waals surface area contributed by atoms with Crippen LogP contribution in [0.25, 0.3) is 21.0 Å². The molecule has 0 spiro atoms. The minimum atomic E-state index is 0.213. The fraction of sp³-hybridized carbons (Fsp3) is 0.522. The van der Waals surface area contributed by atoms with Crippen LogP contribution < -0.4 is 16.4 Å². The molecule has 0 unspecified atom stereocenters. The average molecular weight is 399 g/mol. The molecule has 0 bridgehead atoms. The van der Waals surface area contributed by atoms with Gasteiger partial charge in [-0.1, -0.05) is 19.4 Å². The van der Waals surface area contributed by atoms with E-state index >= 15 is 0 Å². The Morgan fingerprint density at radius 1 is 1.07 bits per heavy atom. The summed E-state index contributed by atoms with van der Waals surface area (Å²) >= 11 is 1.84. The van der Waals surface area contributed by atoms with E-state index in [2.05, 4.69) is 67.6 Å². The van der Waals surface area contributed by atoms with Gasteiger partial charge in [0.15, 0.2) is 0 Å². The van der Waals surface area contributed by atoms with E-state index in [9.17, 15) is 0 Å². The van der Waals surface area contributed by atoms with Gasteiger partial charge in [0.2, 0.25) is 0 Å². The molecule has 3 rings (SSSR count). The molecular weight excluding hydrogens is 364 g/mol. The number of rotatable bonds is 9. The lowest BCUT2D eigenvalue weighted by molar-refractivity contribution is 0.417. The van der Waals surface area contributed by atoms with Crippen molar-refractivity contribution in [1.82, 2.24) is 15.6 Å². The quantitative estimate of drug-likeness (QED) is 0.431. The van der Waals surface area contributed by atoms with E-state index < -0.39 is 0 Å². The summed E-state index contributed by atoms with van der Waals surface area (Å²) in [5.74, 6) is 0.639. The smallest absolute Gasteiger partial charge is 0.132 e. The minimum Gasteiger partial charge on any atom is -0.383 e. The van der Waals surface area contributed by atoms with Crippen molar-refractivity contribution in [3.63, 3.8) is 0 Å². The summed E-state index contributed by atoms with van der Waals surface area (Å²) in [4.78, 5) is 5.95. The van der Waals surface area contributed by atoms with Crippen molar-refractivity contribution in [2.45, 2.75) is 65.5 Å². The average Bonchev–Trinajstić information content (AvgIpc) is 3.07. The summed E-state index contributed by atoms with van der Waals surface area (Å²) in [6.07, 6.45) is 4.82. The van der Waals surface area contributed by atoms with E-state index in [1.807, 2.05) is 11.3 Å². The van der Waals surface area contributed by atoms with Crippen molar-refractivity contribution >= 4 is 38.1 Å². The molecule has 4 N–H and O–H groups in total. The third-order valence-corrected chi connectivity index (χ3v) is 6.12. The van der Waals surface area contributed by atoms with Crippen molar-refractivity contribution < 1.29 is 0 Å². The summed E-state index contributed by atoms with van der Waals surface area (Å²) in [5, 5.41) is 9.30. The fourth-order valence-corrected chi connectivity index (χ4v) is 4.63. The first-order valence-electron chi connectivity index (χ1n) is 10.4. The number of hydrogen-bond donors (Lipinski definition) is 3. The topological polar surface area (TPSA) is 63.0 Å². The second-order valence-corrected chi connectivity index (χ2v) is 9.71. The number of anilines is 1. The molecule has 0 saturated carbocycles. The van der Waals surface area contributed by atoms with Crippen LogP contribution in [0, 0.1) is 0 Å². The predicted molar refractivity (Wildman–Crippen MR) is 124 cm³/mol. The minimum absolute atomic E-state index is 0.213. The Labute approximate surface area is 172 Å². The second-order valence-electron chi connectivity index (χ2n) is 8.57. The molecule has 0 amide bonds. The lowest BCUT2D eigenvalue weighted by Gasteiger charge is -2.20. The van der Waals surface area contributed by atoms with E-state index in [4.69, 9.17) is 5.73 Å². The van der Waals surface area contributed by atoms with Gasteiger partial charge in [-0.15, -0.1) is 11.3 Å². The van der Waals surface area contributed by atoms with E-state index in [1.165, 1.54) is 39.8 Å². The highest BCUT2D eigenvalue weighted by Gasteiger charge is 2.11. The zero-order valence-corrected chi connectivity index (χ0v) is 18.5. The molecule has 5 heteroatoms. The summed E-state index contributed by atoms with van der Waals surface area (Å²) in [6.45, 7) is 11.7. The molecule has 0 radical (unpaired) electrons. The zero-order chi connectivity index (χ0) is 20.1. The molecule has 0 aliphatic carbocycles. The summed E-state index contributed by atoms with van der Waals surface area (Å²) in [6, 6.07) is 8.86. The third-order valence-electron chi connectivity index (χ3n) is 4.95. The highest BCUT2D eigenvalue weighted by atomic mass is 32.1. The Morgan fingerprint density at radius 2 is 1.89 bits per heavy atom. The lowest BCUT2D eigenvalue weighted by atomic mass is 10.0. The van der Waals surface area contributed by atoms with E-state index in [0.717, 1.165) is 37.0 Å². The van der Waals surface area contributed by atoms with Gasteiger partial charge >= 0.3 is 0 Å². The van der Waals surface area contributed by atoms with Crippen molar-refractivity contribution in [2.24, 2.45) is 0 Å². The number of thiophene rings is 1. The van der Waals surface area contributed by atoms with E-state index in [1.54, 1.807) is 0 Å². The molecule has 152 valence electrons. The number of fused-ring (bicyclic) bond motifs is 3. The largest absolute Gasteiger partial charge is 0.383 e. The molecule has 0 aliphatic heterocycles. The third kappa shape index (κ3) is 5.43. The molecular formula is C23H34N4S. The fourth-order valence-electron chi connectivity index (χ4n) is 3.47. The number of nitrogens with one attached hydrogen (secondary N) is 2. The number of unbranched alkanes of at least 4 members (excludes halogenated alkanes) is 2. The number of benzene rings is 1. The maximum absolute atomic E-state index is 6.23. The van der Waals surface area contributed by atoms with Gasteiger partial charge < -0.3 is 16.4 Å². The lowest BCUT2D eigenvalue weighted by Crippen LogP contribution is -2.36. The van der Waals surface area contributed by atoms with Crippen molar-refractivity contribution in [1.29, 1.82) is 0 Å². The molecule has 0 fully saturated rings. The van der Waals surface area contributed by atoms with Crippen LogP contribution in [0.4, 0.5) is 5.82 Å². The number of pyridine rings is 1. The first kappa shape index (κ1) is 21.0. The molecule has 4 nitrogen and oxygen atoms in total. The van der Waals surface area contributed by atoms with Crippen LogP contribution in [0.1, 0.15) is 57.4 Å². The summed E-state index contributed by atoms with van der Waals surface area (Å²) in [7, 11) is 0. The van der Waals surface area contributed by atoms with Crippen LogP contribution >= 0.6 is 11.3 Å². The normalized spacial score (nSPS) is 12.3. The Kier molecular flexibility index (Phi) is 6.91. The van der Waals surface area contributed by atoms with Crippen molar-refractivity contribution in [3.05, 3.63) is 34.7 Å². The van der Waals surface area contributed by atoms with Crippen LogP contribution in [0.2, 0.25) is 0 Å². The monoisotopic (exact) mass is 398 g/mol. The van der Waals surface area contributed by atoms with Crippen molar-refractivity contribution in [2.75, 3.05) is 18.8 Å². The standard InChI is InChI=1S/C23H34N4S/c1-5-25-15-17-14-19-21(28-17)18-13-16(10-11-20(18)27-22(19)24)9-7-6-8-12-26-23(2,3)4/h10-11,13-14,25-26H,5-9,12,15H2,1-4H3,(H2,24,27). The maximum Gasteiger partial charge on any atom is 0.132 e. The number of hydrogen-bond acceptors (Lipinski definition) is 5. The number of nitrogens with zero attached hydrogens (tertiary/aromatic N) is 1. The van der Waals surface area contributed by atoms with Crippen LogP contribution in [0.5, 0.6) is 0 Å². The molecule has 0 aliphatic rings. The first-order valence-corrected chi connectivity index (χ1v) is 11.3. The Bertz CT molecular complexity index is 924. The summed E-state index contributed by atoms with van der Waals surface area (Å²) < 4.78 is 1.27. The Hall–Kier alpha value is -1.69. The van der Waals surface area contributed by atoms with Gasteiger partial charge in [-0.3, -0.25) is 0 Å². The molecule has 1 aromatic carbocycles. The molecule has 3 aromatic rings.